The maximum atomic E-state index is 11.9. The Balaban J connectivity index is 2.89. The zero-order valence-corrected chi connectivity index (χ0v) is 10.1. The molecule has 1 rings (SSSR count). The first kappa shape index (κ1) is 13.9. The number of nitrogens with two attached hydrogens (primary N) is 1. The molecule has 0 spiro atoms. The van der Waals surface area contributed by atoms with Gasteiger partial charge in [0.1, 0.15) is 5.92 Å². The second kappa shape index (κ2) is 6.54. The van der Waals surface area contributed by atoms with Crippen LogP contribution < -0.4 is 5.73 Å². The number of methoxy groups -OCH3 is 1. The fourth-order valence-corrected chi connectivity index (χ4v) is 1.61. The lowest BCUT2D eigenvalue weighted by Gasteiger charge is -2.13. The Kier molecular flexibility index (Phi) is 5.05. The smallest absolute Gasteiger partial charge is 0.320 e. The monoisotopic (exact) mass is 249 g/mol. The van der Waals surface area contributed by atoms with Gasteiger partial charge in [-0.3, -0.25) is 14.4 Å². The Bertz CT molecular complexity index is 442. The van der Waals surface area contributed by atoms with Crippen LogP contribution >= 0.6 is 0 Å². The van der Waals surface area contributed by atoms with Crippen LogP contribution in [0.2, 0.25) is 0 Å². The number of carbonyl (C=O) groups is 3. The van der Waals surface area contributed by atoms with Gasteiger partial charge in [-0.25, -0.2) is 0 Å². The van der Waals surface area contributed by atoms with E-state index in [1.807, 2.05) is 0 Å². The van der Waals surface area contributed by atoms with Gasteiger partial charge >= 0.3 is 5.97 Å². The number of primary amides is 1. The third kappa shape index (κ3) is 3.69. The average molecular weight is 249 g/mol. The standard InChI is InChI=1S/C13H15NO4/c1-18-13(17)12(9-5-3-2-4-6-9)10(15)7-8-11(14)16/h2-6,12H,7-8H2,1H3,(H2,14,16). The number of rotatable bonds is 6. The molecule has 0 aliphatic rings. The number of ketones is 1. The lowest BCUT2D eigenvalue weighted by atomic mass is 9.92. The molecule has 18 heavy (non-hydrogen) atoms. The van der Waals surface area contributed by atoms with Gasteiger partial charge in [-0.05, 0) is 5.56 Å². The largest absolute Gasteiger partial charge is 0.468 e. The van der Waals surface area contributed by atoms with Gasteiger partial charge in [-0.15, -0.1) is 0 Å². The van der Waals surface area contributed by atoms with Crippen molar-refractivity contribution in [3.63, 3.8) is 0 Å². The molecule has 1 unspecified atom stereocenters. The Morgan fingerprint density at radius 3 is 2.28 bits per heavy atom. The van der Waals surface area contributed by atoms with Gasteiger partial charge in [0.05, 0.1) is 7.11 Å². The molecule has 2 N–H and O–H groups in total. The van der Waals surface area contributed by atoms with Crippen LogP contribution in [0.15, 0.2) is 30.3 Å². The first-order valence-corrected chi connectivity index (χ1v) is 5.50. The van der Waals surface area contributed by atoms with Gasteiger partial charge in [0, 0.05) is 12.8 Å². The first-order valence-electron chi connectivity index (χ1n) is 5.50. The molecule has 0 aromatic heterocycles. The van der Waals surface area contributed by atoms with Crippen LogP contribution in [0.1, 0.15) is 24.3 Å². The third-order valence-electron chi connectivity index (χ3n) is 2.51. The molecule has 0 bridgehead atoms. The van der Waals surface area contributed by atoms with E-state index < -0.39 is 17.8 Å². The number of benzene rings is 1. The van der Waals surface area contributed by atoms with Crippen LogP contribution in [0.4, 0.5) is 0 Å². The van der Waals surface area contributed by atoms with Crippen LogP contribution in [0, 0.1) is 0 Å². The maximum absolute atomic E-state index is 11.9. The summed E-state index contributed by atoms with van der Waals surface area (Å²) >= 11 is 0. The Labute approximate surface area is 105 Å². The van der Waals surface area contributed by atoms with Gasteiger partial charge in [0.2, 0.25) is 5.91 Å². The molecule has 1 amide bonds. The lowest BCUT2D eigenvalue weighted by Crippen LogP contribution is -2.24. The molecule has 0 fully saturated rings. The van der Waals surface area contributed by atoms with Gasteiger partial charge in [-0.1, -0.05) is 30.3 Å². The van der Waals surface area contributed by atoms with Crippen molar-refractivity contribution < 1.29 is 19.1 Å². The van der Waals surface area contributed by atoms with Gasteiger partial charge in [0.15, 0.2) is 5.78 Å². The quantitative estimate of drug-likeness (QED) is 0.596. The van der Waals surface area contributed by atoms with Gasteiger partial charge < -0.3 is 10.5 Å². The highest BCUT2D eigenvalue weighted by molar-refractivity contribution is 6.05. The van der Waals surface area contributed by atoms with Gasteiger partial charge in [0.25, 0.3) is 0 Å². The van der Waals surface area contributed by atoms with Gasteiger partial charge in [-0.2, -0.15) is 0 Å². The van der Waals surface area contributed by atoms with Crippen molar-refractivity contribution >= 4 is 17.7 Å². The van der Waals surface area contributed by atoms with E-state index in [4.69, 9.17) is 5.73 Å². The second-order valence-corrected chi connectivity index (χ2v) is 3.80. The van der Waals surface area contributed by atoms with Crippen LogP contribution in [-0.2, 0) is 19.1 Å². The van der Waals surface area contributed by atoms with Crippen LogP contribution in [0.5, 0.6) is 0 Å². The molecule has 1 aromatic carbocycles. The predicted molar refractivity (Wildman–Crippen MR) is 64.6 cm³/mol. The van der Waals surface area contributed by atoms with Crippen molar-refractivity contribution in [3.05, 3.63) is 35.9 Å². The molecule has 0 aliphatic carbocycles. The highest BCUT2D eigenvalue weighted by Gasteiger charge is 2.28. The SMILES string of the molecule is COC(=O)C(C(=O)CCC(N)=O)c1ccccc1. The number of amides is 1. The molecule has 0 saturated carbocycles. The molecule has 1 aromatic rings. The predicted octanol–water partition coefficient (Wildman–Crippen LogP) is 0.778. The maximum Gasteiger partial charge on any atom is 0.320 e. The number of esters is 1. The van der Waals surface area contributed by atoms with E-state index in [2.05, 4.69) is 4.74 Å². The zero-order valence-electron chi connectivity index (χ0n) is 10.1. The Hall–Kier alpha value is -2.17. The van der Waals surface area contributed by atoms with E-state index in [1.54, 1.807) is 30.3 Å². The summed E-state index contributed by atoms with van der Waals surface area (Å²) in [5, 5.41) is 0. The molecule has 5 heteroatoms. The lowest BCUT2D eigenvalue weighted by molar-refractivity contribution is -0.146. The molecule has 0 aliphatic heterocycles. The Morgan fingerprint density at radius 1 is 1.17 bits per heavy atom. The minimum atomic E-state index is -0.990. The van der Waals surface area contributed by atoms with E-state index in [1.165, 1.54) is 7.11 Å². The average Bonchev–Trinajstić information content (AvgIpc) is 2.37. The highest BCUT2D eigenvalue weighted by Crippen LogP contribution is 2.20. The molecule has 0 heterocycles. The zero-order chi connectivity index (χ0) is 13.5. The van der Waals surface area contributed by atoms with E-state index in [0.717, 1.165) is 0 Å². The minimum absolute atomic E-state index is 0.0655. The molecular formula is C13H15NO4. The summed E-state index contributed by atoms with van der Waals surface area (Å²) in [5.74, 6) is -2.56. The third-order valence-corrected chi connectivity index (χ3v) is 2.51. The number of hydrogen-bond acceptors (Lipinski definition) is 4. The topological polar surface area (TPSA) is 86.5 Å². The molecule has 5 nitrogen and oxygen atoms in total. The Morgan fingerprint density at radius 2 is 1.78 bits per heavy atom. The fraction of sp³-hybridized carbons (Fsp3) is 0.308. The second-order valence-electron chi connectivity index (χ2n) is 3.80. The van der Waals surface area contributed by atoms with Crippen LogP contribution in [0.3, 0.4) is 0 Å². The molecule has 96 valence electrons. The molecular weight excluding hydrogens is 234 g/mol. The summed E-state index contributed by atoms with van der Waals surface area (Å²) < 4.78 is 4.62. The summed E-state index contributed by atoms with van der Waals surface area (Å²) in [6, 6.07) is 8.58. The van der Waals surface area contributed by atoms with Crippen LogP contribution in [-0.4, -0.2) is 24.8 Å². The summed E-state index contributed by atoms with van der Waals surface area (Å²) in [6.07, 6.45) is -0.136. The highest BCUT2D eigenvalue weighted by atomic mass is 16.5. The van der Waals surface area contributed by atoms with Crippen molar-refractivity contribution in [2.45, 2.75) is 18.8 Å². The van der Waals surface area contributed by atoms with Crippen molar-refractivity contribution in [3.8, 4) is 0 Å². The summed E-state index contributed by atoms with van der Waals surface area (Å²) in [6.45, 7) is 0. The van der Waals surface area contributed by atoms with E-state index >= 15 is 0 Å². The van der Waals surface area contributed by atoms with Crippen molar-refractivity contribution in [2.75, 3.05) is 7.11 Å². The normalized spacial score (nSPS) is 11.6. The summed E-state index contributed by atoms with van der Waals surface area (Å²) in [4.78, 5) is 34.2. The number of ether oxygens (including phenoxy) is 1. The van der Waals surface area contributed by atoms with Crippen molar-refractivity contribution in [2.24, 2.45) is 5.73 Å². The summed E-state index contributed by atoms with van der Waals surface area (Å²) in [7, 11) is 1.22. The van der Waals surface area contributed by atoms with Crippen molar-refractivity contribution in [1.82, 2.24) is 0 Å². The number of carbonyl (C=O) groups excluding carboxylic acids is 3. The first-order chi connectivity index (χ1) is 8.56. The number of Topliss-reactive ketones (excluding diaryl/α,β-unsaturated/α-hetero) is 1. The number of hydrogen-bond donors (Lipinski definition) is 1. The molecule has 0 radical (unpaired) electrons. The summed E-state index contributed by atoms with van der Waals surface area (Å²) in [5.41, 5.74) is 5.54. The van der Waals surface area contributed by atoms with Crippen LogP contribution in [0.25, 0.3) is 0 Å². The van der Waals surface area contributed by atoms with E-state index in [-0.39, 0.29) is 18.6 Å². The molecule has 0 saturated heterocycles. The van der Waals surface area contributed by atoms with E-state index in [0.29, 0.717) is 5.56 Å². The molecule has 1 atom stereocenters. The minimum Gasteiger partial charge on any atom is -0.468 e. The fourth-order valence-electron chi connectivity index (χ4n) is 1.61. The van der Waals surface area contributed by atoms with Crippen molar-refractivity contribution in [1.29, 1.82) is 0 Å². The van der Waals surface area contributed by atoms with E-state index in [9.17, 15) is 14.4 Å².